The van der Waals surface area contributed by atoms with Gasteiger partial charge < -0.3 is 31.8 Å². The number of Topliss-reactive ketones (excluding diaryl/α,β-unsaturated/α-hetero) is 1. The fourth-order valence-corrected chi connectivity index (χ4v) is 3.67. The van der Waals surface area contributed by atoms with Crippen LogP contribution in [0.25, 0.3) is 0 Å². The number of urea groups is 1. The smallest absolute Gasteiger partial charge is 0.312 e. The Morgan fingerprint density at radius 1 is 0.829 bits per heavy atom. The van der Waals surface area contributed by atoms with Gasteiger partial charge in [-0.1, -0.05) is 38.3 Å². The maximum atomic E-state index is 12.9. The Kier molecular flexibility index (Phi) is 17.8. The number of hydrogen-bond acceptors (Lipinski definition) is 7. The molecule has 1 rings (SSSR count). The number of carbonyl (C=O) groups is 6. The molecule has 7 N–H and O–H groups in total. The molecule has 1 atom stereocenters. The first-order valence-corrected chi connectivity index (χ1v) is 14.0. The quantitative estimate of drug-likeness (QED) is 0.0949. The summed E-state index contributed by atoms with van der Waals surface area (Å²) in [7, 11) is 0. The molecule has 0 bridgehead atoms. The van der Waals surface area contributed by atoms with E-state index in [4.69, 9.17) is 10.6 Å². The first kappa shape index (κ1) is 35.0. The highest BCUT2D eigenvalue weighted by Crippen LogP contribution is 2.12. The van der Waals surface area contributed by atoms with Crippen molar-refractivity contribution < 1.29 is 33.6 Å². The van der Waals surface area contributed by atoms with Crippen LogP contribution in [0, 0.1) is 0 Å². The van der Waals surface area contributed by atoms with Crippen molar-refractivity contribution in [2.24, 2.45) is 5.73 Å². The fraction of sp³-hybridized carbons (Fsp3) is 0.571. The van der Waals surface area contributed by atoms with Crippen molar-refractivity contribution in [1.29, 1.82) is 0 Å². The molecule has 6 amide bonds. The molecular weight excluding hydrogens is 532 g/mol. The van der Waals surface area contributed by atoms with Crippen LogP contribution in [0.15, 0.2) is 24.3 Å². The van der Waals surface area contributed by atoms with Crippen molar-refractivity contribution in [2.75, 3.05) is 18.4 Å². The number of unbranched alkanes of at least 4 members (excludes halogenated alkanes) is 3. The van der Waals surface area contributed by atoms with Crippen LogP contribution in [-0.4, -0.2) is 54.6 Å². The van der Waals surface area contributed by atoms with Gasteiger partial charge in [-0.25, -0.2) is 10.3 Å². The van der Waals surface area contributed by atoms with Gasteiger partial charge in [-0.05, 0) is 50.3 Å². The molecule has 0 spiro atoms. The molecule has 41 heavy (non-hydrogen) atoms. The SMILES string of the molecule is CCCCCCC(=O)NOCc1ccc(NC(=O)[C@H](CCCNC(N)=O)NC(=O)CNC(=O)CCCC(C)=O)cc1. The maximum Gasteiger partial charge on any atom is 0.312 e. The lowest BCUT2D eigenvalue weighted by Gasteiger charge is -2.19. The molecule has 13 nitrogen and oxygen atoms in total. The van der Waals surface area contributed by atoms with E-state index < -0.39 is 23.9 Å². The normalized spacial score (nSPS) is 11.2. The molecule has 1 aromatic rings. The number of nitrogens with one attached hydrogen (secondary N) is 5. The van der Waals surface area contributed by atoms with Gasteiger partial charge in [0, 0.05) is 31.5 Å². The highest BCUT2D eigenvalue weighted by atomic mass is 16.6. The van der Waals surface area contributed by atoms with Crippen LogP contribution in [0.3, 0.4) is 0 Å². The van der Waals surface area contributed by atoms with Crippen molar-refractivity contribution in [3.63, 3.8) is 0 Å². The number of hydroxylamine groups is 1. The standard InChI is InChI=1S/C28H44N6O7/c1-3-4-5-6-11-25(37)34-41-19-21-13-15-22(16-14-21)32-27(39)23(10-8-17-30-28(29)40)33-26(38)18-31-24(36)12-7-9-20(2)35/h13-16,23H,3-12,17-19H2,1-2H3,(H,31,36)(H,32,39)(H,33,38)(H,34,37)(H3,29,30,40)/t23-/m0/s1. The molecule has 0 saturated heterocycles. The second-order valence-electron chi connectivity index (χ2n) is 9.70. The Labute approximate surface area is 241 Å². The first-order chi connectivity index (χ1) is 19.6. The predicted molar refractivity (Wildman–Crippen MR) is 153 cm³/mol. The van der Waals surface area contributed by atoms with Crippen LogP contribution >= 0.6 is 0 Å². The zero-order chi connectivity index (χ0) is 30.5. The molecule has 0 aliphatic heterocycles. The van der Waals surface area contributed by atoms with E-state index in [-0.39, 0.29) is 56.6 Å². The van der Waals surface area contributed by atoms with Crippen molar-refractivity contribution in [2.45, 2.75) is 90.7 Å². The van der Waals surface area contributed by atoms with Crippen LogP contribution in [0.5, 0.6) is 0 Å². The maximum absolute atomic E-state index is 12.9. The van der Waals surface area contributed by atoms with Crippen LogP contribution in [0.1, 0.15) is 83.6 Å². The zero-order valence-electron chi connectivity index (χ0n) is 24.0. The number of nitrogens with two attached hydrogens (primary N) is 1. The minimum atomic E-state index is -0.942. The molecule has 0 unspecified atom stereocenters. The molecular formula is C28H44N6O7. The molecule has 0 radical (unpaired) electrons. The summed E-state index contributed by atoms with van der Waals surface area (Å²) in [6.07, 6.45) is 5.78. The Morgan fingerprint density at radius 2 is 1.54 bits per heavy atom. The molecule has 0 aliphatic rings. The Bertz CT molecular complexity index is 1000. The third kappa shape index (κ3) is 18.1. The van der Waals surface area contributed by atoms with Gasteiger partial charge in [0.1, 0.15) is 11.8 Å². The number of amides is 6. The zero-order valence-corrected chi connectivity index (χ0v) is 24.0. The average molecular weight is 577 g/mol. The third-order valence-corrected chi connectivity index (χ3v) is 5.90. The molecule has 0 heterocycles. The lowest BCUT2D eigenvalue weighted by Crippen LogP contribution is -2.47. The van der Waals surface area contributed by atoms with Gasteiger partial charge in [0.15, 0.2) is 0 Å². The van der Waals surface area contributed by atoms with Gasteiger partial charge in [-0.15, -0.1) is 0 Å². The average Bonchev–Trinajstić information content (AvgIpc) is 2.92. The van der Waals surface area contributed by atoms with Gasteiger partial charge in [-0.3, -0.25) is 24.0 Å². The summed E-state index contributed by atoms with van der Waals surface area (Å²) in [5.41, 5.74) is 8.75. The number of rotatable bonds is 21. The second-order valence-corrected chi connectivity index (χ2v) is 9.70. The van der Waals surface area contributed by atoms with Crippen LogP contribution < -0.4 is 32.5 Å². The molecule has 13 heteroatoms. The molecule has 1 aromatic carbocycles. The van der Waals surface area contributed by atoms with Crippen LogP contribution in [-0.2, 0) is 35.4 Å². The van der Waals surface area contributed by atoms with Gasteiger partial charge in [-0.2, -0.15) is 0 Å². The Hall–Kier alpha value is -4.00. The molecule has 228 valence electrons. The summed E-state index contributed by atoms with van der Waals surface area (Å²) in [6.45, 7) is 3.59. The largest absolute Gasteiger partial charge is 0.352 e. The van der Waals surface area contributed by atoms with Gasteiger partial charge in [0.2, 0.25) is 23.6 Å². The van der Waals surface area contributed by atoms with Crippen LogP contribution in [0.4, 0.5) is 10.5 Å². The number of primary amides is 1. The van der Waals surface area contributed by atoms with E-state index >= 15 is 0 Å². The van der Waals surface area contributed by atoms with Gasteiger partial charge in [0.25, 0.3) is 0 Å². The van der Waals surface area contributed by atoms with Crippen molar-refractivity contribution in [1.82, 2.24) is 21.4 Å². The first-order valence-electron chi connectivity index (χ1n) is 14.0. The van der Waals surface area contributed by atoms with E-state index in [2.05, 4.69) is 33.7 Å². The molecule has 0 aromatic heterocycles. The van der Waals surface area contributed by atoms with E-state index in [0.29, 0.717) is 24.9 Å². The number of ketones is 1. The van der Waals surface area contributed by atoms with Crippen molar-refractivity contribution in [3.05, 3.63) is 29.8 Å². The second kappa shape index (κ2) is 20.8. The summed E-state index contributed by atoms with van der Waals surface area (Å²) < 4.78 is 0. The third-order valence-electron chi connectivity index (χ3n) is 5.90. The van der Waals surface area contributed by atoms with Crippen molar-refractivity contribution in [3.8, 4) is 0 Å². The number of anilines is 1. The van der Waals surface area contributed by atoms with E-state index in [1.807, 2.05) is 0 Å². The number of hydrogen-bond donors (Lipinski definition) is 6. The van der Waals surface area contributed by atoms with Gasteiger partial charge >= 0.3 is 6.03 Å². The Morgan fingerprint density at radius 3 is 2.20 bits per heavy atom. The van der Waals surface area contributed by atoms with Crippen molar-refractivity contribution >= 4 is 41.1 Å². The summed E-state index contributed by atoms with van der Waals surface area (Å²) in [5.74, 6) is -1.60. The van der Waals surface area contributed by atoms with E-state index in [9.17, 15) is 28.8 Å². The monoisotopic (exact) mass is 576 g/mol. The Balaban J connectivity index is 2.58. The lowest BCUT2D eigenvalue weighted by atomic mass is 10.1. The topological polar surface area (TPSA) is 198 Å². The summed E-state index contributed by atoms with van der Waals surface area (Å²) in [6, 6.07) is 5.15. The number of benzene rings is 1. The highest BCUT2D eigenvalue weighted by molar-refractivity contribution is 5.97. The lowest BCUT2D eigenvalue weighted by molar-refractivity contribution is -0.134. The molecule has 0 saturated carbocycles. The fourth-order valence-electron chi connectivity index (χ4n) is 3.67. The van der Waals surface area contributed by atoms with E-state index in [0.717, 1.165) is 31.2 Å². The molecule has 0 aliphatic carbocycles. The minimum absolute atomic E-state index is 0.0183. The van der Waals surface area contributed by atoms with Crippen LogP contribution in [0.2, 0.25) is 0 Å². The summed E-state index contributed by atoms with van der Waals surface area (Å²) in [4.78, 5) is 76.3. The predicted octanol–water partition coefficient (Wildman–Crippen LogP) is 1.95. The molecule has 0 fully saturated rings. The minimum Gasteiger partial charge on any atom is -0.352 e. The van der Waals surface area contributed by atoms with E-state index in [1.54, 1.807) is 24.3 Å². The number of carbonyl (C=O) groups excluding carboxylic acids is 6. The van der Waals surface area contributed by atoms with E-state index in [1.165, 1.54) is 6.92 Å². The summed E-state index contributed by atoms with van der Waals surface area (Å²) >= 11 is 0. The summed E-state index contributed by atoms with van der Waals surface area (Å²) in [5, 5.41) is 10.2. The highest BCUT2D eigenvalue weighted by Gasteiger charge is 2.21. The van der Waals surface area contributed by atoms with Gasteiger partial charge in [0.05, 0.1) is 13.2 Å².